The number of nitrogens with one attached hydrogen (secondary N) is 2. The first-order chi connectivity index (χ1) is 16.4. The molecule has 3 heterocycles. The van der Waals surface area contributed by atoms with E-state index in [9.17, 15) is 9.59 Å². The molecule has 34 heavy (non-hydrogen) atoms. The second-order valence-electron chi connectivity index (χ2n) is 9.03. The average molecular weight is 490 g/mol. The Morgan fingerprint density at radius 2 is 1.79 bits per heavy atom. The SMILES string of the molecule is CN1C[C@H](c2ccc(Cl)cc2Cl)[C@@H](C(=O)c2cc3ccccc3[nH]2)C12C(=O)Nc1ccccc12. The summed E-state index contributed by atoms with van der Waals surface area (Å²) in [4.78, 5) is 33.3. The summed E-state index contributed by atoms with van der Waals surface area (Å²) in [5, 5.41) is 4.99. The number of hydrogen-bond acceptors (Lipinski definition) is 3. The third-order valence-electron chi connectivity index (χ3n) is 7.30. The number of rotatable bonds is 3. The number of likely N-dealkylation sites (tertiary alicyclic amines) is 1. The summed E-state index contributed by atoms with van der Waals surface area (Å²) < 4.78 is 0. The Morgan fingerprint density at radius 1 is 1.03 bits per heavy atom. The standard InChI is InChI=1S/C27H21Cl2N3O2/c1-32-14-18(17-11-10-16(28)13-20(17)29)24(25(33)23-12-15-6-2-4-8-21(15)30-23)27(32)19-7-3-5-9-22(19)31-26(27)34/h2-13,18,24,30H,14H2,1H3,(H,31,34)/t18-,24+,27?/m1/s1. The number of aromatic nitrogens is 1. The first-order valence-electron chi connectivity index (χ1n) is 11.1. The van der Waals surface area contributed by atoms with Gasteiger partial charge in [-0.3, -0.25) is 14.5 Å². The molecule has 2 aliphatic rings. The van der Waals surface area contributed by atoms with Crippen molar-refractivity contribution < 1.29 is 9.59 Å². The molecule has 3 aromatic carbocycles. The van der Waals surface area contributed by atoms with Gasteiger partial charge in [-0.25, -0.2) is 0 Å². The summed E-state index contributed by atoms with van der Waals surface area (Å²) in [6.07, 6.45) is 0. The molecule has 1 saturated heterocycles. The van der Waals surface area contributed by atoms with E-state index in [1.807, 2.05) is 72.6 Å². The summed E-state index contributed by atoms with van der Waals surface area (Å²) in [6, 6.07) is 22.6. The molecule has 170 valence electrons. The summed E-state index contributed by atoms with van der Waals surface area (Å²) in [5.74, 6) is -1.33. The Bertz CT molecular complexity index is 1450. The molecular formula is C27H21Cl2N3O2. The van der Waals surface area contributed by atoms with Crippen molar-refractivity contribution in [3.05, 3.63) is 99.7 Å². The van der Waals surface area contributed by atoms with Crippen LogP contribution in [0.5, 0.6) is 0 Å². The quantitative estimate of drug-likeness (QED) is 0.354. The van der Waals surface area contributed by atoms with Crippen LogP contribution in [-0.4, -0.2) is 35.2 Å². The molecule has 0 aliphatic carbocycles. The van der Waals surface area contributed by atoms with Gasteiger partial charge in [0.05, 0.1) is 11.6 Å². The lowest BCUT2D eigenvalue weighted by Gasteiger charge is -2.35. The molecule has 5 nitrogen and oxygen atoms in total. The van der Waals surface area contributed by atoms with E-state index in [-0.39, 0.29) is 17.6 Å². The van der Waals surface area contributed by atoms with Gasteiger partial charge in [0.1, 0.15) is 5.54 Å². The Morgan fingerprint density at radius 3 is 2.59 bits per heavy atom. The second kappa shape index (κ2) is 7.70. The molecule has 4 aromatic rings. The number of amides is 1. The van der Waals surface area contributed by atoms with Gasteiger partial charge in [0.15, 0.2) is 5.78 Å². The lowest BCUT2D eigenvalue weighted by molar-refractivity contribution is -0.126. The maximum absolute atomic E-state index is 14.3. The molecule has 6 rings (SSSR count). The maximum Gasteiger partial charge on any atom is 0.250 e. The van der Waals surface area contributed by atoms with E-state index in [1.165, 1.54) is 0 Å². The summed E-state index contributed by atoms with van der Waals surface area (Å²) >= 11 is 12.8. The van der Waals surface area contributed by atoms with Crippen LogP contribution in [0.25, 0.3) is 10.9 Å². The molecule has 1 spiro atoms. The minimum atomic E-state index is -1.15. The molecule has 2 N–H and O–H groups in total. The number of carbonyl (C=O) groups is 2. The molecule has 1 aromatic heterocycles. The fourth-order valence-electron chi connectivity index (χ4n) is 5.85. The van der Waals surface area contributed by atoms with Crippen molar-refractivity contribution in [1.29, 1.82) is 0 Å². The number of aromatic amines is 1. The van der Waals surface area contributed by atoms with E-state index in [0.717, 1.165) is 27.7 Å². The number of halogens is 2. The van der Waals surface area contributed by atoms with Gasteiger partial charge in [-0.05, 0) is 42.9 Å². The van der Waals surface area contributed by atoms with E-state index in [4.69, 9.17) is 23.2 Å². The van der Waals surface area contributed by atoms with Crippen LogP contribution in [-0.2, 0) is 10.3 Å². The monoisotopic (exact) mass is 489 g/mol. The number of likely N-dealkylation sites (N-methyl/N-ethyl adjacent to an activating group) is 1. The van der Waals surface area contributed by atoms with Crippen LogP contribution in [0.15, 0.2) is 72.8 Å². The van der Waals surface area contributed by atoms with E-state index in [1.54, 1.807) is 12.1 Å². The normalized spacial score (nSPS) is 24.0. The summed E-state index contributed by atoms with van der Waals surface area (Å²) in [5.41, 5.74) is 2.55. The lowest BCUT2D eigenvalue weighted by atomic mass is 9.71. The number of carbonyl (C=O) groups excluding carboxylic acids is 2. The smallest absolute Gasteiger partial charge is 0.250 e. The number of benzene rings is 3. The molecule has 2 aliphatic heterocycles. The van der Waals surface area contributed by atoms with Crippen molar-refractivity contribution in [1.82, 2.24) is 9.88 Å². The largest absolute Gasteiger partial charge is 0.352 e. The van der Waals surface area contributed by atoms with Crippen LogP contribution in [0.2, 0.25) is 10.0 Å². The molecular weight excluding hydrogens is 469 g/mol. The third-order valence-corrected chi connectivity index (χ3v) is 7.86. The topological polar surface area (TPSA) is 65.2 Å². The highest BCUT2D eigenvalue weighted by molar-refractivity contribution is 6.35. The Kier molecular flexibility index (Phi) is 4.85. The summed E-state index contributed by atoms with van der Waals surface area (Å²) in [6.45, 7) is 0.486. The fourth-order valence-corrected chi connectivity index (χ4v) is 6.40. The number of H-pyrrole nitrogens is 1. The molecule has 0 saturated carbocycles. The van der Waals surface area contributed by atoms with Gasteiger partial charge >= 0.3 is 0 Å². The number of para-hydroxylation sites is 2. The van der Waals surface area contributed by atoms with Crippen molar-refractivity contribution in [3.63, 3.8) is 0 Å². The maximum atomic E-state index is 14.3. The number of fused-ring (bicyclic) bond motifs is 3. The first-order valence-corrected chi connectivity index (χ1v) is 11.9. The van der Waals surface area contributed by atoms with Crippen LogP contribution in [0, 0.1) is 5.92 Å². The molecule has 3 atom stereocenters. The van der Waals surface area contributed by atoms with E-state index >= 15 is 0 Å². The number of nitrogens with zero attached hydrogens (tertiary/aromatic N) is 1. The van der Waals surface area contributed by atoms with E-state index < -0.39 is 11.5 Å². The molecule has 0 bridgehead atoms. The highest BCUT2D eigenvalue weighted by Crippen LogP contribution is 2.56. The Hall–Kier alpha value is -3.12. The number of ketones is 1. The minimum Gasteiger partial charge on any atom is -0.352 e. The van der Waals surface area contributed by atoms with Crippen molar-refractivity contribution >= 4 is 51.5 Å². The zero-order chi connectivity index (χ0) is 23.6. The van der Waals surface area contributed by atoms with Crippen LogP contribution >= 0.6 is 23.2 Å². The lowest BCUT2D eigenvalue weighted by Crippen LogP contribution is -2.51. The third kappa shape index (κ3) is 2.91. The molecule has 1 unspecified atom stereocenters. The molecule has 0 radical (unpaired) electrons. The minimum absolute atomic E-state index is 0.122. The number of hydrogen-bond donors (Lipinski definition) is 2. The molecule has 7 heteroatoms. The van der Waals surface area contributed by atoms with Crippen LogP contribution < -0.4 is 5.32 Å². The van der Waals surface area contributed by atoms with E-state index in [0.29, 0.717) is 22.3 Å². The zero-order valence-electron chi connectivity index (χ0n) is 18.3. The van der Waals surface area contributed by atoms with Crippen LogP contribution in [0.3, 0.4) is 0 Å². The van der Waals surface area contributed by atoms with Crippen molar-refractivity contribution in [2.75, 3.05) is 18.9 Å². The van der Waals surface area contributed by atoms with Gasteiger partial charge in [-0.2, -0.15) is 0 Å². The second-order valence-corrected chi connectivity index (χ2v) is 9.87. The Balaban J connectivity index is 1.58. The van der Waals surface area contributed by atoms with Gasteiger partial charge in [-0.15, -0.1) is 0 Å². The Labute approximate surface area is 206 Å². The predicted molar refractivity (Wildman–Crippen MR) is 135 cm³/mol. The number of Topliss-reactive ketones (excluding diaryl/α,β-unsaturated/α-hetero) is 1. The van der Waals surface area contributed by atoms with Crippen LogP contribution in [0.4, 0.5) is 5.69 Å². The van der Waals surface area contributed by atoms with Gasteiger partial charge in [0.2, 0.25) is 5.91 Å². The van der Waals surface area contributed by atoms with Gasteiger partial charge < -0.3 is 10.3 Å². The van der Waals surface area contributed by atoms with Gasteiger partial charge in [-0.1, -0.05) is 65.7 Å². The molecule has 1 amide bonds. The number of anilines is 1. The van der Waals surface area contributed by atoms with Crippen LogP contribution in [0.1, 0.15) is 27.5 Å². The fraction of sp³-hybridized carbons (Fsp3) is 0.185. The van der Waals surface area contributed by atoms with E-state index in [2.05, 4.69) is 10.3 Å². The average Bonchev–Trinajstić information content (AvgIpc) is 3.47. The zero-order valence-corrected chi connectivity index (χ0v) is 19.8. The van der Waals surface area contributed by atoms with Crippen molar-refractivity contribution in [2.24, 2.45) is 5.92 Å². The highest BCUT2D eigenvalue weighted by Gasteiger charge is 2.64. The van der Waals surface area contributed by atoms with Gasteiger partial charge in [0, 0.05) is 44.7 Å². The first kappa shape index (κ1) is 21.4. The highest BCUT2D eigenvalue weighted by atomic mass is 35.5. The van der Waals surface area contributed by atoms with Gasteiger partial charge in [0.25, 0.3) is 0 Å². The predicted octanol–water partition coefficient (Wildman–Crippen LogP) is 5.85. The van der Waals surface area contributed by atoms with Crippen molar-refractivity contribution in [3.8, 4) is 0 Å². The van der Waals surface area contributed by atoms with Crippen molar-refractivity contribution in [2.45, 2.75) is 11.5 Å². The summed E-state index contributed by atoms with van der Waals surface area (Å²) in [7, 11) is 1.90. The molecule has 1 fully saturated rings.